The molecule has 0 aromatic carbocycles. The van der Waals surface area contributed by atoms with Gasteiger partial charge >= 0.3 is 0 Å². The Kier molecular flexibility index (Phi) is 16.5. The maximum absolute atomic E-state index is 4.28. The molecule has 0 aromatic heterocycles. The first-order chi connectivity index (χ1) is 9.54. The standard InChI is InChI=1S/C16H36N4.HI/c1-7-11-20(12-8-2)13-9-10-18-16(17-6)19-15(5)14(3)4;/h14-15H,7-13H2,1-6H3,(H2,17,18,19);1H. The number of guanidine groups is 1. The van der Waals surface area contributed by atoms with Crippen molar-refractivity contribution in [2.75, 3.05) is 33.2 Å². The Morgan fingerprint density at radius 1 is 1.05 bits per heavy atom. The summed E-state index contributed by atoms with van der Waals surface area (Å²) in [6, 6.07) is 0.442. The van der Waals surface area contributed by atoms with Crippen LogP contribution in [-0.4, -0.2) is 50.1 Å². The van der Waals surface area contributed by atoms with Crippen molar-refractivity contribution in [1.82, 2.24) is 15.5 Å². The summed E-state index contributed by atoms with van der Waals surface area (Å²) in [6.07, 6.45) is 3.64. The molecule has 21 heavy (non-hydrogen) atoms. The van der Waals surface area contributed by atoms with Gasteiger partial charge in [-0.25, -0.2) is 0 Å². The minimum Gasteiger partial charge on any atom is -0.356 e. The van der Waals surface area contributed by atoms with Gasteiger partial charge in [0.15, 0.2) is 5.96 Å². The Bertz CT molecular complexity index is 251. The Hall–Kier alpha value is -0.0400. The Morgan fingerprint density at radius 3 is 2.05 bits per heavy atom. The van der Waals surface area contributed by atoms with E-state index in [1.807, 2.05) is 7.05 Å². The number of hydrogen-bond donors (Lipinski definition) is 2. The lowest BCUT2D eigenvalue weighted by Crippen LogP contribution is -2.44. The molecule has 0 aromatic rings. The van der Waals surface area contributed by atoms with E-state index in [0.29, 0.717) is 12.0 Å². The summed E-state index contributed by atoms with van der Waals surface area (Å²) in [6.45, 7) is 15.7. The molecule has 4 nitrogen and oxygen atoms in total. The fraction of sp³-hybridized carbons (Fsp3) is 0.938. The van der Waals surface area contributed by atoms with Crippen LogP contribution >= 0.6 is 24.0 Å². The average molecular weight is 412 g/mol. The van der Waals surface area contributed by atoms with Crippen LogP contribution in [-0.2, 0) is 0 Å². The van der Waals surface area contributed by atoms with Crippen molar-refractivity contribution in [3.63, 3.8) is 0 Å². The molecule has 0 aliphatic heterocycles. The highest BCUT2D eigenvalue weighted by Gasteiger charge is 2.08. The van der Waals surface area contributed by atoms with Gasteiger partial charge in [-0.15, -0.1) is 24.0 Å². The molecule has 0 aliphatic rings. The highest BCUT2D eigenvalue weighted by atomic mass is 127. The van der Waals surface area contributed by atoms with Gasteiger partial charge in [0.1, 0.15) is 0 Å². The summed E-state index contributed by atoms with van der Waals surface area (Å²) < 4.78 is 0. The molecule has 1 unspecified atom stereocenters. The first kappa shape index (κ1) is 23.2. The SMILES string of the molecule is CCCN(CCC)CCCNC(=NC)NC(C)C(C)C.I. The molecule has 0 amide bonds. The summed E-state index contributed by atoms with van der Waals surface area (Å²) in [5.74, 6) is 1.53. The second-order valence-corrected chi connectivity index (χ2v) is 5.87. The molecule has 0 bridgehead atoms. The molecule has 1 atom stereocenters. The topological polar surface area (TPSA) is 39.7 Å². The van der Waals surface area contributed by atoms with Crippen molar-refractivity contribution in [2.24, 2.45) is 10.9 Å². The molecule has 5 heteroatoms. The molecule has 0 fully saturated rings. The first-order valence-electron chi connectivity index (χ1n) is 8.24. The van der Waals surface area contributed by atoms with Crippen molar-refractivity contribution >= 4 is 29.9 Å². The summed E-state index contributed by atoms with van der Waals surface area (Å²) >= 11 is 0. The van der Waals surface area contributed by atoms with Crippen LogP contribution < -0.4 is 10.6 Å². The predicted molar refractivity (Wildman–Crippen MR) is 106 cm³/mol. The van der Waals surface area contributed by atoms with Crippen molar-refractivity contribution in [1.29, 1.82) is 0 Å². The third-order valence-electron chi connectivity index (χ3n) is 3.61. The molecule has 0 aliphatic carbocycles. The van der Waals surface area contributed by atoms with Crippen LogP contribution in [0.5, 0.6) is 0 Å². The van der Waals surface area contributed by atoms with Gasteiger partial charge in [-0.3, -0.25) is 4.99 Å². The maximum atomic E-state index is 4.28. The minimum atomic E-state index is 0. The van der Waals surface area contributed by atoms with Gasteiger partial charge in [0.25, 0.3) is 0 Å². The number of aliphatic imine (C=N–C) groups is 1. The van der Waals surface area contributed by atoms with Gasteiger partial charge in [0, 0.05) is 19.6 Å². The third-order valence-corrected chi connectivity index (χ3v) is 3.61. The number of rotatable bonds is 10. The second-order valence-electron chi connectivity index (χ2n) is 5.87. The van der Waals surface area contributed by atoms with Gasteiger partial charge in [-0.1, -0.05) is 27.7 Å². The van der Waals surface area contributed by atoms with E-state index in [1.54, 1.807) is 0 Å². The van der Waals surface area contributed by atoms with E-state index in [9.17, 15) is 0 Å². The van der Waals surface area contributed by atoms with Crippen LogP contribution in [0.25, 0.3) is 0 Å². The molecule has 0 heterocycles. The summed E-state index contributed by atoms with van der Waals surface area (Å²) in [5.41, 5.74) is 0. The van der Waals surface area contributed by atoms with Gasteiger partial charge in [0.2, 0.25) is 0 Å². The van der Waals surface area contributed by atoms with Crippen LogP contribution in [0.15, 0.2) is 4.99 Å². The molecule has 128 valence electrons. The van der Waals surface area contributed by atoms with E-state index < -0.39 is 0 Å². The zero-order valence-corrected chi connectivity index (χ0v) is 17.2. The third kappa shape index (κ3) is 12.2. The van der Waals surface area contributed by atoms with Crippen LogP contribution in [0, 0.1) is 5.92 Å². The lowest BCUT2D eigenvalue weighted by Gasteiger charge is -2.23. The Labute approximate surface area is 149 Å². The predicted octanol–water partition coefficient (Wildman–Crippen LogP) is 3.33. The van der Waals surface area contributed by atoms with Crippen LogP contribution in [0.1, 0.15) is 53.9 Å². The molecule has 2 N–H and O–H groups in total. The van der Waals surface area contributed by atoms with Crippen molar-refractivity contribution in [3.05, 3.63) is 0 Å². The quantitative estimate of drug-likeness (QED) is 0.250. The lowest BCUT2D eigenvalue weighted by atomic mass is 10.1. The van der Waals surface area contributed by atoms with Gasteiger partial charge in [-0.2, -0.15) is 0 Å². The number of halogens is 1. The fourth-order valence-electron chi connectivity index (χ4n) is 2.05. The maximum Gasteiger partial charge on any atom is 0.191 e. The van der Waals surface area contributed by atoms with Gasteiger partial charge in [0.05, 0.1) is 0 Å². The number of nitrogens with zero attached hydrogens (tertiary/aromatic N) is 2. The minimum absolute atomic E-state index is 0. The van der Waals surface area contributed by atoms with E-state index in [-0.39, 0.29) is 24.0 Å². The first-order valence-corrected chi connectivity index (χ1v) is 8.24. The number of hydrogen-bond acceptors (Lipinski definition) is 2. The van der Waals surface area contributed by atoms with E-state index in [1.165, 1.54) is 32.5 Å². The van der Waals surface area contributed by atoms with E-state index in [0.717, 1.165) is 18.9 Å². The Balaban J connectivity index is 0. The highest BCUT2D eigenvalue weighted by molar-refractivity contribution is 14.0. The molecule has 0 saturated heterocycles. The largest absolute Gasteiger partial charge is 0.356 e. The molecular formula is C16H37IN4. The lowest BCUT2D eigenvalue weighted by molar-refractivity contribution is 0.271. The average Bonchev–Trinajstić information content (AvgIpc) is 2.42. The van der Waals surface area contributed by atoms with Crippen molar-refractivity contribution in [3.8, 4) is 0 Å². The molecule has 0 saturated carbocycles. The van der Waals surface area contributed by atoms with Crippen LogP contribution in [0.4, 0.5) is 0 Å². The van der Waals surface area contributed by atoms with Crippen molar-refractivity contribution < 1.29 is 0 Å². The van der Waals surface area contributed by atoms with E-state index >= 15 is 0 Å². The monoisotopic (exact) mass is 412 g/mol. The fourth-order valence-corrected chi connectivity index (χ4v) is 2.05. The molecular weight excluding hydrogens is 375 g/mol. The Morgan fingerprint density at radius 2 is 1.62 bits per heavy atom. The zero-order valence-electron chi connectivity index (χ0n) is 14.9. The van der Waals surface area contributed by atoms with Crippen LogP contribution in [0.2, 0.25) is 0 Å². The number of nitrogens with one attached hydrogen (secondary N) is 2. The van der Waals surface area contributed by atoms with E-state index in [4.69, 9.17) is 0 Å². The molecule has 0 radical (unpaired) electrons. The van der Waals surface area contributed by atoms with E-state index in [2.05, 4.69) is 55.1 Å². The zero-order chi connectivity index (χ0) is 15.4. The van der Waals surface area contributed by atoms with Crippen LogP contribution in [0.3, 0.4) is 0 Å². The summed E-state index contributed by atoms with van der Waals surface area (Å²) in [4.78, 5) is 6.83. The highest BCUT2D eigenvalue weighted by Crippen LogP contribution is 1.99. The van der Waals surface area contributed by atoms with Crippen molar-refractivity contribution in [2.45, 2.75) is 59.9 Å². The van der Waals surface area contributed by atoms with Gasteiger partial charge in [-0.05, 0) is 51.7 Å². The molecule has 0 rings (SSSR count). The summed E-state index contributed by atoms with van der Waals surface area (Å²) in [7, 11) is 1.84. The van der Waals surface area contributed by atoms with Gasteiger partial charge < -0.3 is 15.5 Å². The smallest absolute Gasteiger partial charge is 0.191 e. The normalized spacial score (nSPS) is 13.2. The molecule has 0 spiro atoms. The summed E-state index contributed by atoms with van der Waals surface area (Å²) in [5, 5.41) is 6.84. The second kappa shape index (κ2) is 14.9.